The van der Waals surface area contributed by atoms with Gasteiger partial charge in [-0.05, 0) is 96.3 Å². The van der Waals surface area contributed by atoms with Crippen LogP contribution in [0.25, 0.3) is 0 Å². The maximum absolute atomic E-state index is 12.7. The standard InChI is InChI=1S/C54H94O6/c1-4-7-10-13-16-19-22-24-25-26-27-28-29-31-32-35-38-41-44-47-53(56)59-50-51(49-58-52(55)46-43-40-37-34-21-18-15-12-9-6-3)60-54(57)48-45-42-39-36-33-30-23-20-17-14-11-8-5-2/h7,10,15-16,18-19,24-25,30,33,51H,4-6,8-9,11-14,17,20-23,26-29,31-32,34-50H2,1-3H3/b10-7-,18-15-,19-16-,25-24-,33-30-. The summed E-state index contributed by atoms with van der Waals surface area (Å²) in [4.78, 5) is 37.9. The highest BCUT2D eigenvalue weighted by molar-refractivity contribution is 5.71. The fourth-order valence-corrected chi connectivity index (χ4v) is 6.90. The van der Waals surface area contributed by atoms with Crippen LogP contribution in [0.1, 0.15) is 245 Å². The summed E-state index contributed by atoms with van der Waals surface area (Å²) >= 11 is 0. The molecule has 6 nitrogen and oxygen atoms in total. The zero-order valence-corrected chi connectivity index (χ0v) is 39.5. The first-order chi connectivity index (χ1) is 29.5. The maximum atomic E-state index is 12.7. The molecule has 346 valence electrons. The summed E-state index contributed by atoms with van der Waals surface area (Å²) in [5, 5.41) is 0. The van der Waals surface area contributed by atoms with E-state index in [1.807, 2.05) is 0 Å². The van der Waals surface area contributed by atoms with Crippen LogP contribution in [0.3, 0.4) is 0 Å². The van der Waals surface area contributed by atoms with Crippen LogP contribution in [0.15, 0.2) is 60.8 Å². The van der Waals surface area contributed by atoms with Gasteiger partial charge in [0, 0.05) is 19.3 Å². The Balaban J connectivity index is 4.34. The first-order valence-corrected chi connectivity index (χ1v) is 25.3. The molecular weight excluding hydrogens is 745 g/mol. The molecule has 60 heavy (non-hydrogen) atoms. The zero-order valence-electron chi connectivity index (χ0n) is 39.5. The van der Waals surface area contributed by atoms with Crippen LogP contribution in [-0.2, 0) is 28.6 Å². The van der Waals surface area contributed by atoms with Crippen LogP contribution < -0.4 is 0 Å². The molecule has 0 aromatic heterocycles. The molecule has 0 aromatic carbocycles. The quantitative estimate of drug-likeness (QED) is 0.0263. The van der Waals surface area contributed by atoms with Gasteiger partial charge in [0.05, 0.1) is 0 Å². The Labute approximate surface area is 370 Å². The molecule has 0 aromatic rings. The van der Waals surface area contributed by atoms with Crippen molar-refractivity contribution in [3.63, 3.8) is 0 Å². The lowest BCUT2D eigenvalue weighted by Crippen LogP contribution is -2.30. The molecule has 0 fully saturated rings. The van der Waals surface area contributed by atoms with Crippen molar-refractivity contribution in [2.24, 2.45) is 0 Å². The molecule has 0 aliphatic carbocycles. The Morgan fingerprint density at radius 3 is 1.10 bits per heavy atom. The van der Waals surface area contributed by atoms with Crippen LogP contribution in [0.2, 0.25) is 0 Å². The first kappa shape index (κ1) is 57.1. The third kappa shape index (κ3) is 46.2. The van der Waals surface area contributed by atoms with E-state index >= 15 is 0 Å². The van der Waals surface area contributed by atoms with Crippen LogP contribution in [0.5, 0.6) is 0 Å². The highest BCUT2D eigenvalue weighted by Gasteiger charge is 2.19. The highest BCUT2D eigenvalue weighted by Crippen LogP contribution is 2.14. The van der Waals surface area contributed by atoms with E-state index in [0.29, 0.717) is 19.3 Å². The van der Waals surface area contributed by atoms with Crippen molar-refractivity contribution in [3.8, 4) is 0 Å². The normalized spacial score (nSPS) is 12.5. The summed E-state index contributed by atoms with van der Waals surface area (Å²) in [5.74, 6) is -0.920. The van der Waals surface area contributed by atoms with Crippen molar-refractivity contribution in [2.75, 3.05) is 13.2 Å². The lowest BCUT2D eigenvalue weighted by atomic mass is 10.1. The largest absolute Gasteiger partial charge is 0.462 e. The van der Waals surface area contributed by atoms with Gasteiger partial charge in [-0.2, -0.15) is 0 Å². The SMILES string of the molecule is CC/C=C\C/C=C\C/C=C\CCCCCCCCCCCC(=O)OCC(COC(=O)CCCCCC/C=C\CCCC)OC(=O)CCCCC/C=C\CCCCCCCC. The van der Waals surface area contributed by atoms with E-state index in [1.165, 1.54) is 96.3 Å². The Kier molecular flexibility index (Phi) is 46.4. The van der Waals surface area contributed by atoms with Crippen LogP contribution in [0, 0.1) is 0 Å². The van der Waals surface area contributed by atoms with Crippen LogP contribution in [0.4, 0.5) is 0 Å². The van der Waals surface area contributed by atoms with Crippen molar-refractivity contribution < 1.29 is 28.6 Å². The van der Waals surface area contributed by atoms with Crippen molar-refractivity contribution in [1.82, 2.24) is 0 Å². The maximum Gasteiger partial charge on any atom is 0.306 e. The molecule has 0 aliphatic rings. The van der Waals surface area contributed by atoms with Crippen molar-refractivity contribution in [1.29, 1.82) is 0 Å². The van der Waals surface area contributed by atoms with E-state index < -0.39 is 6.10 Å². The molecule has 0 aliphatic heterocycles. The minimum Gasteiger partial charge on any atom is -0.462 e. The fraction of sp³-hybridized carbons (Fsp3) is 0.759. The third-order valence-corrected chi connectivity index (χ3v) is 10.7. The molecule has 0 radical (unpaired) electrons. The lowest BCUT2D eigenvalue weighted by molar-refractivity contribution is -0.167. The number of carbonyl (C=O) groups excluding carboxylic acids is 3. The predicted molar refractivity (Wildman–Crippen MR) is 256 cm³/mol. The number of esters is 3. The van der Waals surface area contributed by atoms with Gasteiger partial charge in [-0.1, -0.05) is 191 Å². The molecule has 0 spiro atoms. The topological polar surface area (TPSA) is 78.9 Å². The minimum absolute atomic E-state index is 0.0865. The highest BCUT2D eigenvalue weighted by atomic mass is 16.6. The number of rotatable bonds is 45. The first-order valence-electron chi connectivity index (χ1n) is 25.3. The smallest absolute Gasteiger partial charge is 0.306 e. The van der Waals surface area contributed by atoms with Gasteiger partial charge in [0.1, 0.15) is 13.2 Å². The van der Waals surface area contributed by atoms with Gasteiger partial charge in [-0.15, -0.1) is 0 Å². The number of allylic oxidation sites excluding steroid dienone is 10. The Bertz CT molecular complexity index is 1100. The van der Waals surface area contributed by atoms with Gasteiger partial charge in [-0.25, -0.2) is 0 Å². The predicted octanol–water partition coefficient (Wildman–Crippen LogP) is 16.5. The second-order valence-electron chi connectivity index (χ2n) is 16.7. The Morgan fingerprint density at radius 2 is 0.667 bits per heavy atom. The van der Waals surface area contributed by atoms with E-state index in [1.54, 1.807) is 0 Å². The molecule has 1 atom stereocenters. The number of hydrogen-bond donors (Lipinski definition) is 0. The van der Waals surface area contributed by atoms with Crippen molar-refractivity contribution in [3.05, 3.63) is 60.8 Å². The number of carbonyl (C=O) groups is 3. The number of ether oxygens (including phenoxy) is 3. The molecule has 0 rings (SSSR count). The summed E-state index contributed by atoms with van der Waals surface area (Å²) in [5.41, 5.74) is 0. The second-order valence-corrected chi connectivity index (χ2v) is 16.7. The molecule has 0 saturated heterocycles. The average molecular weight is 839 g/mol. The minimum atomic E-state index is -0.786. The monoisotopic (exact) mass is 839 g/mol. The van der Waals surface area contributed by atoms with E-state index in [-0.39, 0.29) is 31.1 Å². The van der Waals surface area contributed by atoms with Crippen LogP contribution >= 0.6 is 0 Å². The molecule has 0 bridgehead atoms. The molecule has 1 unspecified atom stereocenters. The molecule has 0 amide bonds. The second kappa shape index (κ2) is 48.8. The molecule has 0 saturated carbocycles. The summed E-state index contributed by atoms with van der Waals surface area (Å²) in [7, 11) is 0. The van der Waals surface area contributed by atoms with E-state index in [4.69, 9.17) is 14.2 Å². The Hall–Kier alpha value is -2.89. The van der Waals surface area contributed by atoms with Gasteiger partial charge in [0.25, 0.3) is 0 Å². The van der Waals surface area contributed by atoms with Crippen molar-refractivity contribution in [2.45, 2.75) is 252 Å². The summed E-state index contributed by atoms with van der Waals surface area (Å²) in [6.07, 6.45) is 59.2. The summed E-state index contributed by atoms with van der Waals surface area (Å²) < 4.78 is 16.7. The zero-order chi connectivity index (χ0) is 43.7. The van der Waals surface area contributed by atoms with Gasteiger partial charge in [-0.3, -0.25) is 14.4 Å². The Morgan fingerprint density at radius 1 is 0.350 bits per heavy atom. The van der Waals surface area contributed by atoms with Crippen LogP contribution in [-0.4, -0.2) is 37.2 Å². The van der Waals surface area contributed by atoms with E-state index in [9.17, 15) is 14.4 Å². The van der Waals surface area contributed by atoms with Gasteiger partial charge in [0.2, 0.25) is 0 Å². The van der Waals surface area contributed by atoms with Gasteiger partial charge in [0.15, 0.2) is 6.10 Å². The molecular formula is C54H94O6. The number of hydrogen-bond acceptors (Lipinski definition) is 6. The van der Waals surface area contributed by atoms with Gasteiger partial charge < -0.3 is 14.2 Å². The molecule has 0 N–H and O–H groups in total. The molecule has 0 heterocycles. The lowest BCUT2D eigenvalue weighted by Gasteiger charge is -2.18. The summed E-state index contributed by atoms with van der Waals surface area (Å²) in [6.45, 7) is 6.45. The van der Waals surface area contributed by atoms with Gasteiger partial charge >= 0.3 is 17.9 Å². The van der Waals surface area contributed by atoms with Crippen molar-refractivity contribution >= 4 is 17.9 Å². The summed E-state index contributed by atoms with van der Waals surface area (Å²) in [6, 6.07) is 0. The molecule has 6 heteroatoms. The van der Waals surface area contributed by atoms with E-state index in [2.05, 4.69) is 81.5 Å². The van der Waals surface area contributed by atoms with E-state index in [0.717, 1.165) is 109 Å². The number of unbranched alkanes of at least 4 members (excludes halogenated alkanes) is 24. The fourth-order valence-electron chi connectivity index (χ4n) is 6.90. The average Bonchev–Trinajstić information content (AvgIpc) is 3.24. The third-order valence-electron chi connectivity index (χ3n) is 10.7.